The van der Waals surface area contributed by atoms with Crippen LogP contribution in [0.5, 0.6) is 0 Å². The molecule has 0 spiro atoms. The highest BCUT2D eigenvalue weighted by Crippen LogP contribution is 2.41. The van der Waals surface area contributed by atoms with E-state index in [-0.39, 0.29) is 40.5 Å². The summed E-state index contributed by atoms with van der Waals surface area (Å²) in [6, 6.07) is 4.75. The lowest BCUT2D eigenvalue weighted by atomic mass is 9.76. The van der Waals surface area contributed by atoms with Gasteiger partial charge in [-0.2, -0.15) is 4.98 Å². The third-order valence-electron chi connectivity index (χ3n) is 9.84. The van der Waals surface area contributed by atoms with Crippen LogP contribution in [0.15, 0.2) is 33.6 Å². The fourth-order valence-corrected chi connectivity index (χ4v) is 8.16. The number of rotatable bonds is 9. The van der Waals surface area contributed by atoms with E-state index in [0.717, 1.165) is 44.9 Å². The van der Waals surface area contributed by atoms with Crippen LogP contribution < -0.4 is 15.8 Å². The van der Waals surface area contributed by atoms with Crippen LogP contribution in [0, 0.1) is 37.5 Å². The summed E-state index contributed by atoms with van der Waals surface area (Å²) in [6.45, 7) is 3.42. The van der Waals surface area contributed by atoms with E-state index in [1.807, 2.05) is 0 Å². The summed E-state index contributed by atoms with van der Waals surface area (Å²) >= 11 is 0. The summed E-state index contributed by atoms with van der Waals surface area (Å²) < 4.78 is 46.5. The van der Waals surface area contributed by atoms with E-state index in [0.29, 0.717) is 42.4 Å². The molecule has 2 heterocycles. The molecule has 3 atom stereocenters. The molecular formula is C31H44FN5O5S. The Morgan fingerprint density at radius 2 is 1.72 bits per heavy atom. The van der Waals surface area contributed by atoms with Crippen molar-refractivity contribution in [1.82, 2.24) is 9.88 Å². The van der Waals surface area contributed by atoms with Gasteiger partial charge in [0.05, 0.1) is 10.6 Å². The van der Waals surface area contributed by atoms with Crippen molar-refractivity contribution in [1.29, 1.82) is 0 Å². The number of carbonyl (C=O) groups is 2. The second-order valence-electron chi connectivity index (χ2n) is 12.5. The maximum Gasteiger partial charge on any atom is 0.309 e. The number of likely N-dealkylation sites (tertiary alicyclic amines) is 1. The first-order valence-corrected chi connectivity index (χ1v) is 17.1. The number of benzene rings is 1. The van der Waals surface area contributed by atoms with E-state index in [4.69, 9.17) is 10.2 Å². The number of hydrogen-bond acceptors (Lipinski definition) is 7. The summed E-state index contributed by atoms with van der Waals surface area (Å²) in [5.41, 5.74) is 6.98. The normalized spacial score (nSPS) is 25.8. The van der Waals surface area contributed by atoms with Crippen molar-refractivity contribution < 1.29 is 26.8 Å². The monoisotopic (exact) mass is 617 g/mol. The number of alkyl halides is 1. The number of anilines is 2. The molecule has 4 N–H and O–H groups in total. The van der Waals surface area contributed by atoms with Crippen LogP contribution in [0.2, 0.25) is 0 Å². The lowest BCUT2D eigenvalue weighted by molar-refractivity contribution is -0.142. The number of hydrogen-bond donors (Lipinski definition) is 3. The molecule has 0 radical (unpaired) electrons. The minimum Gasteiger partial charge on any atom is -0.428 e. The van der Waals surface area contributed by atoms with Crippen molar-refractivity contribution in [2.24, 2.45) is 29.4 Å². The van der Waals surface area contributed by atoms with Gasteiger partial charge in [-0.15, -0.1) is 0 Å². The topological polar surface area (TPSA) is 148 Å². The van der Waals surface area contributed by atoms with E-state index in [1.54, 1.807) is 30.9 Å². The van der Waals surface area contributed by atoms with Gasteiger partial charge in [-0.3, -0.25) is 9.59 Å². The number of halogens is 1. The van der Waals surface area contributed by atoms with Gasteiger partial charge in [-0.1, -0.05) is 32.1 Å². The fourth-order valence-electron chi connectivity index (χ4n) is 7.23. The predicted octanol–water partition coefficient (Wildman–Crippen LogP) is 4.93. The van der Waals surface area contributed by atoms with Crippen molar-refractivity contribution >= 4 is 33.5 Å². The molecule has 2 saturated carbocycles. The molecule has 3 fully saturated rings. The zero-order valence-corrected chi connectivity index (χ0v) is 25.9. The van der Waals surface area contributed by atoms with Crippen LogP contribution in [0.1, 0.15) is 75.7 Å². The molecule has 1 aromatic carbocycles. The largest absolute Gasteiger partial charge is 0.428 e. The van der Waals surface area contributed by atoms with Crippen LogP contribution >= 0.6 is 0 Å². The van der Waals surface area contributed by atoms with Gasteiger partial charge in [0.25, 0.3) is 10.0 Å². The van der Waals surface area contributed by atoms with Crippen LogP contribution in [-0.4, -0.2) is 55.4 Å². The number of carbonyl (C=O) groups excluding carboxylic acids is 2. The molecule has 2 aromatic rings. The second kappa shape index (κ2) is 13.3. The Morgan fingerprint density at radius 1 is 1.05 bits per heavy atom. The molecule has 1 aromatic heterocycles. The molecule has 2 amide bonds. The van der Waals surface area contributed by atoms with Crippen LogP contribution in [0.3, 0.4) is 0 Å². The van der Waals surface area contributed by atoms with E-state index in [9.17, 15) is 22.4 Å². The van der Waals surface area contributed by atoms with Gasteiger partial charge >= 0.3 is 6.01 Å². The molecule has 0 unspecified atom stereocenters. The molecule has 0 bridgehead atoms. The smallest absolute Gasteiger partial charge is 0.309 e. The van der Waals surface area contributed by atoms with E-state index in [2.05, 4.69) is 15.0 Å². The highest BCUT2D eigenvalue weighted by Gasteiger charge is 2.47. The Morgan fingerprint density at radius 3 is 2.33 bits per heavy atom. The molecule has 236 valence electrons. The molecule has 1 saturated heterocycles. The van der Waals surface area contributed by atoms with Crippen molar-refractivity contribution in [2.75, 3.05) is 23.3 Å². The molecule has 2 aliphatic carbocycles. The number of nitrogens with two attached hydrogens (primary N) is 1. The third-order valence-corrected chi connectivity index (χ3v) is 11.2. The van der Waals surface area contributed by atoms with Crippen molar-refractivity contribution in [3.63, 3.8) is 0 Å². The van der Waals surface area contributed by atoms with Gasteiger partial charge in [0.15, 0.2) is 0 Å². The Labute approximate surface area is 253 Å². The Kier molecular flexibility index (Phi) is 9.75. The van der Waals surface area contributed by atoms with E-state index in [1.165, 1.54) is 18.6 Å². The summed E-state index contributed by atoms with van der Waals surface area (Å²) in [5, 5.41) is 2.97. The minimum atomic E-state index is -3.95. The maximum atomic E-state index is 13.9. The predicted molar refractivity (Wildman–Crippen MR) is 161 cm³/mol. The number of aryl methyl sites for hydroxylation is 2. The van der Waals surface area contributed by atoms with Crippen LogP contribution in [0.4, 0.5) is 16.1 Å². The second-order valence-corrected chi connectivity index (χ2v) is 14.2. The molecule has 3 aliphatic rings. The van der Waals surface area contributed by atoms with Gasteiger partial charge in [0.2, 0.25) is 11.8 Å². The van der Waals surface area contributed by atoms with Gasteiger partial charge in [-0.25, -0.2) is 17.5 Å². The van der Waals surface area contributed by atoms with Gasteiger partial charge in [0, 0.05) is 24.2 Å². The van der Waals surface area contributed by atoms with Crippen molar-refractivity contribution in [3.05, 3.63) is 35.7 Å². The maximum absolute atomic E-state index is 13.9. The first-order valence-electron chi connectivity index (χ1n) is 15.6. The van der Waals surface area contributed by atoms with Gasteiger partial charge in [0.1, 0.15) is 18.5 Å². The number of nitrogens with zero attached hydrogens (tertiary/aromatic N) is 2. The first kappa shape index (κ1) is 31.4. The number of sulfonamides is 1. The van der Waals surface area contributed by atoms with E-state index < -0.39 is 28.8 Å². The average Bonchev–Trinajstić information content (AvgIpc) is 3.59. The zero-order valence-electron chi connectivity index (χ0n) is 25.1. The Bertz CT molecular complexity index is 1360. The minimum absolute atomic E-state index is 0.000149. The lowest BCUT2D eigenvalue weighted by Gasteiger charge is -2.36. The summed E-state index contributed by atoms with van der Waals surface area (Å²) in [6.07, 6.45) is 9.15. The fraction of sp³-hybridized carbons (Fsp3) is 0.645. The third kappa shape index (κ3) is 7.06. The Balaban J connectivity index is 1.29. The standard InChI is InChI=1S/C31H44FN5O5S/c1-19-20(2)42-31(34-19)36-43(40,41)25-14-12-24(13-15-25)35-29(38)28-26(21-6-4-3-5-7-21)16-17-37(28)30(39)23-10-8-22(9-11-23)27(33)18-32/h12-15,21-23,26-28H,3-11,16-18,33H2,1-2H3,(H,34,36)(H,35,38)/t22-,23-,26-,27+,28-/m0/s1. The lowest BCUT2D eigenvalue weighted by Crippen LogP contribution is -2.50. The number of nitrogens with one attached hydrogen (secondary N) is 2. The van der Waals surface area contributed by atoms with Crippen molar-refractivity contribution in [3.8, 4) is 0 Å². The van der Waals surface area contributed by atoms with Gasteiger partial charge in [-0.05, 0) is 88.0 Å². The highest BCUT2D eigenvalue weighted by atomic mass is 32.2. The van der Waals surface area contributed by atoms with Crippen LogP contribution in [-0.2, 0) is 19.6 Å². The molecule has 10 nitrogen and oxygen atoms in total. The summed E-state index contributed by atoms with van der Waals surface area (Å²) in [5.74, 6) is 0.669. The molecule has 12 heteroatoms. The molecular weight excluding hydrogens is 573 g/mol. The number of oxazole rings is 1. The average molecular weight is 618 g/mol. The SMILES string of the molecule is Cc1nc(NS(=O)(=O)c2ccc(NC(=O)[C@@H]3[C@H](C4CCCCC4)CCN3C(=O)[C@H]3CC[C@H]([C@H](N)CF)CC3)cc2)oc1C. The highest BCUT2D eigenvalue weighted by molar-refractivity contribution is 7.92. The van der Waals surface area contributed by atoms with E-state index >= 15 is 0 Å². The number of aromatic nitrogens is 1. The van der Waals surface area contributed by atoms with Gasteiger partial charge < -0.3 is 20.4 Å². The zero-order chi connectivity index (χ0) is 30.7. The Hall–Kier alpha value is -2.99. The molecule has 1 aliphatic heterocycles. The summed E-state index contributed by atoms with van der Waals surface area (Å²) in [4.78, 5) is 33.6. The summed E-state index contributed by atoms with van der Waals surface area (Å²) in [7, 11) is -3.95. The van der Waals surface area contributed by atoms with Crippen molar-refractivity contribution in [2.45, 2.75) is 95.0 Å². The first-order chi connectivity index (χ1) is 20.6. The molecule has 5 rings (SSSR count). The number of amides is 2. The van der Waals surface area contributed by atoms with Crippen LogP contribution in [0.25, 0.3) is 0 Å². The molecule has 43 heavy (non-hydrogen) atoms. The quantitative estimate of drug-likeness (QED) is 0.361.